The molecule has 0 bridgehead atoms. The van der Waals surface area contributed by atoms with Crippen molar-refractivity contribution in [1.82, 2.24) is 19.7 Å². The number of nitrogens with zero attached hydrogens (tertiary/aromatic N) is 4. The van der Waals surface area contributed by atoms with Crippen LogP contribution in [0, 0.1) is 11.2 Å². The Morgan fingerprint density at radius 2 is 2.07 bits per heavy atom. The molecule has 2 aromatic rings. The summed E-state index contributed by atoms with van der Waals surface area (Å²) in [5, 5.41) is 8.78. The average molecular weight is 435 g/mol. The van der Waals surface area contributed by atoms with E-state index in [9.17, 15) is 4.39 Å². The molecule has 5 rings (SSSR count). The normalized spacial score (nSPS) is 25.3. The van der Waals surface area contributed by atoms with Gasteiger partial charge in [-0.2, -0.15) is 0 Å². The van der Waals surface area contributed by atoms with Gasteiger partial charge in [-0.25, -0.2) is 4.39 Å². The average Bonchev–Trinajstić information content (AvgIpc) is 3.30. The van der Waals surface area contributed by atoms with Crippen molar-refractivity contribution in [3.63, 3.8) is 0 Å². The topological polar surface area (TPSA) is 43.2 Å². The van der Waals surface area contributed by atoms with Crippen LogP contribution in [0.5, 0.6) is 0 Å². The van der Waals surface area contributed by atoms with Crippen LogP contribution >= 0.6 is 15.9 Å². The number of ether oxygens (including phenoxy) is 1. The van der Waals surface area contributed by atoms with Crippen molar-refractivity contribution in [1.29, 1.82) is 0 Å². The molecule has 5 nitrogen and oxygen atoms in total. The van der Waals surface area contributed by atoms with Gasteiger partial charge in [0, 0.05) is 54.8 Å². The molecule has 27 heavy (non-hydrogen) atoms. The minimum absolute atomic E-state index is 0.135. The number of rotatable bonds is 4. The molecule has 1 aliphatic carbocycles. The SMILES string of the molecule is Fc1ccc(Br)cc1CN1CC(c2nncn2C2CC2)C2(CCOCC2)C1. The molecule has 1 aromatic heterocycles. The third-order valence-electron chi connectivity index (χ3n) is 6.46. The zero-order chi connectivity index (χ0) is 18.4. The maximum atomic E-state index is 14.3. The van der Waals surface area contributed by atoms with Gasteiger partial charge in [-0.3, -0.25) is 4.90 Å². The zero-order valence-corrected chi connectivity index (χ0v) is 16.9. The summed E-state index contributed by atoms with van der Waals surface area (Å²) in [5.41, 5.74) is 0.899. The second kappa shape index (κ2) is 6.94. The zero-order valence-electron chi connectivity index (χ0n) is 15.3. The molecule has 1 atom stereocenters. The standard InChI is InChI=1S/C20H24BrFN4O/c21-15-1-4-18(22)14(9-15)10-25-11-17(20(12-25)5-7-27-8-6-20)19-24-23-13-26(19)16-2-3-16/h1,4,9,13,16-17H,2-3,5-8,10-12H2. The molecule has 2 saturated heterocycles. The lowest BCUT2D eigenvalue weighted by Crippen LogP contribution is -2.37. The van der Waals surface area contributed by atoms with Crippen molar-refractivity contribution in [2.45, 2.75) is 44.2 Å². The number of hydrogen-bond donors (Lipinski definition) is 0. The lowest BCUT2D eigenvalue weighted by atomic mass is 9.71. The minimum atomic E-state index is -0.135. The van der Waals surface area contributed by atoms with Gasteiger partial charge < -0.3 is 9.30 Å². The lowest BCUT2D eigenvalue weighted by Gasteiger charge is -2.37. The van der Waals surface area contributed by atoms with E-state index in [2.05, 4.69) is 35.6 Å². The minimum Gasteiger partial charge on any atom is -0.381 e. The fourth-order valence-corrected chi connectivity index (χ4v) is 5.28. The highest BCUT2D eigenvalue weighted by molar-refractivity contribution is 9.10. The molecule has 144 valence electrons. The van der Waals surface area contributed by atoms with Gasteiger partial charge in [0.2, 0.25) is 0 Å². The summed E-state index contributed by atoms with van der Waals surface area (Å²) in [6.45, 7) is 4.09. The fourth-order valence-electron chi connectivity index (χ4n) is 4.87. The molecule has 1 saturated carbocycles. The van der Waals surface area contributed by atoms with Crippen LogP contribution in [0.25, 0.3) is 0 Å². The van der Waals surface area contributed by atoms with E-state index in [0.717, 1.165) is 55.0 Å². The molecule has 0 radical (unpaired) electrons. The Morgan fingerprint density at radius 1 is 1.26 bits per heavy atom. The van der Waals surface area contributed by atoms with Crippen LogP contribution < -0.4 is 0 Å². The van der Waals surface area contributed by atoms with E-state index in [1.165, 1.54) is 12.8 Å². The summed E-state index contributed by atoms with van der Waals surface area (Å²) in [4.78, 5) is 2.40. The monoisotopic (exact) mass is 434 g/mol. The Labute approximate surface area is 167 Å². The van der Waals surface area contributed by atoms with Crippen molar-refractivity contribution in [3.05, 3.63) is 46.2 Å². The number of halogens is 2. The first-order valence-corrected chi connectivity index (χ1v) is 10.6. The van der Waals surface area contributed by atoms with Crippen LogP contribution in [0.1, 0.15) is 49.0 Å². The highest BCUT2D eigenvalue weighted by atomic mass is 79.9. The van der Waals surface area contributed by atoms with Gasteiger partial charge in [-0.1, -0.05) is 15.9 Å². The molecule has 3 aliphatic rings. The molecule has 7 heteroatoms. The molecule has 2 aliphatic heterocycles. The van der Waals surface area contributed by atoms with Crippen molar-refractivity contribution < 1.29 is 9.13 Å². The summed E-state index contributed by atoms with van der Waals surface area (Å²) in [6.07, 6.45) is 6.41. The molecule has 1 spiro atoms. The van der Waals surface area contributed by atoms with Crippen molar-refractivity contribution in [3.8, 4) is 0 Å². The fraction of sp³-hybridized carbons (Fsp3) is 0.600. The van der Waals surface area contributed by atoms with Gasteiger partial charge >= 0.3 is 0 Å². The van der Waals surface area contributed by atoms with E-state index in [1.54, 1.807) is 12.1 Å². The maximum Gasteiger partial charge on any atom is 0.138 e. The Morgan fingerprint density at radius 3 is 2.85 bits per heavy atom. The van der Waals surface area contributed by atoms with Gasteiger partial charge in [0.25, 0.3) is 0 Å². The molecular weight excluding hydrogens is 411 g/mol. The lowest BCUT2D eigenvalue weighted by molar-refractivity contribution is 0.0104. The summed E-state index contributed by atoms with van der Waals surface area (Å²) in [7, 11) is 0. The van der Waals surface area contributed by atoms with E-state index < -0.39 is 0 Å². The predicted octanol–water partition coefficient (Wildman–Crippen LogP) is 3.91. The summed E-state index contributed by atoms with van der Waals surface area (Å²) < 4.78 is 23.2. The first kappa shape index (κ1) is 17.8. The first-order chi connectivity index (χ1) is 13.1. The molecule has 3 fully saturated rings. The molecule has 0 amide bonds. The second-order valence-corrected chi connectivity index (χ2v) is 9.18. The highest BCUT2D eigenvalue weighted by Gasteiger charge is 2.50. The molecule has 1 aromatic carbocycles. The van der Waals surface area contributed by atoms with Gasteiger partial charge in [0.15, 0.2) is 0 Å². The first-order valence-electron chi connectivity index (χ1n) is 9.78. The summed E-state index contributed by atoms with van der Waals surface area (Å²) >= 11 is 3.47. The maximum absolute atomic E-state index is 14.3. The van der Waals surface area contributed by atoms with Crippen LogP contribution in [0.2, 0.25) is 0 Å². The number of hydrogen-bond acceptors (Lipinski definition) is 4. The van der Waals surface area contributed by atoms with Crippen LogP contribution in [0.15, 0.2) is 29.0 Å². The van der Waals surface area contributed by atoms with Crippen LogP contribution in [-0.4, -0.2) is 46.0 Å². The number of benzene rings is 1. The van der Waals surface area contributed by atoms with Crippen LogP contribution in [0.3, 0.4) is 0 Å². The van der Waals surface area contributed by atoms with E-state index in [0.29, 0.717) is 18.5 Å². The summed E-state index contributed by atoms with van der Waals surface area (Å²) in [6, 6.07) is 5.76. The van der Waals surface area contributed by atoms with Crippen molar-refractivity contribution in [2.24, 2.45) is 5.41 Å². The molecule has 3 heterocycles. The van der Waals surface area contributed by atoms with Crippen LogP contribution in [0.4, 0.5) is 4.39 Å². The van der Waals surface area contributed by atoms with E-state index in [4.69, 9.17) is 4.74 Å². The Balaban J connectivity index is 1.44. The third-order valence-corrected chi connectivity index (χ3v) is 6.95. The smallest absolute Gasteiger partial charge is 0.138 e. The van der Waals surface area contributed by atoms with Gasteiger partial charge in [-0.15, -0.1) is 10.2 Å². The van der Waals surface area contributed by atoms with Crippen molar-refractivity contribution in [2.75, 3.05) is 26.3 Å². The highest BCUT2D eigenvalue weighted by Crippen LogP contribution is 2.50. The van der Waals surface area contributed by atoms with E-state index in [1.807, 2.05) is 12.4 Å². The predicted molar refractivity (Wildman–Crippen MR) is 103 cm³/mol. The number of likely N-dealkylation sites (tertiary alicyclic amines) is 1. The largest absolute Gasteiger partial charge is 0.381 e. The molecule has 0 N–H and O–H groups in total. The molecule has 1 unspecified atom stereocenters. The Bertz CT molecular complexity index is 831. The van der Waals surface area contributed by atoms with E-state index >= 15 is 0 Å². The number of aromatic nitrogens is 3. The summed E-state index contributed by atoms with van der Waals surface area (Å²) in [5.74, 6) is 1.32. The van der Waals surface area contributed by atoms with Gasteiger partial charge in [-0.05, 0) is 49.3 Å². The van der Waals surface area contributed by atoms with Crippen LogP contribution in [-0.2, 0) is 11.3 Å². The Hall–Kier alpha value is -1.31. The third kappa shape index (κ3) is 3.34. The van der Waals surface area contributed by atoms with Gasteiger partial charge in [0.1, 0.15) is 18.0 Å². The molecular formula is C20H24BrFN4O. The second-order valence-electron chi connectivity index (χ2n) is 8.26. The van der Waals surface area contributed by atoms with E-state index in [-0.39, 0.29) is 11.2 Å². The Kier molecular flexibility index (Phi) is 4.57. The van der Waals surface area contributed by atoms with Gasteiger partial charge in [0.05, 0.1) is 0 Å². The van der Waals surface area contributed by atoms with Crippen molar-refractivity contribution >= 4 is 15.9 Å². The quantitative estimate of drug-likeness (QED) is 0.731.